The van der Waals surface area contributed by atoms with Gasteiger partial charge in [-0.2, -0.15) is 30.3 Å². The van der Waals surface area contributed by atoms with Crippen molar-refractivity contribution < 1.29 is 69.4 Å². The van der Waals surface area contributed by atoms with Gasteiger partial charge in [0.25, 0.3) is 0 Å². The Morgan fingerprint density at radius 1 is 0.407 bits per heavy atom. The van der Waals surface area contributed by atoms with Gasteiger partial charge in [-0.15, -0.1) is 66.6 Å². The second-order valence-corrected chi connectivity index (χ2v) is 43.5. The molecule has 0 saturated heterocycles. The Balaban J connectivity index is -0.000000502. The Kier molecular flexibility index (Phi) is 50.7. The van der Waals surface area contributed by atoms with E-state index in [1.54, 1.807) is 5.30 Å². The van der Waals surface area contributed by atoms with Gasteiger partial charge in [0.15, 0.2) is 16.3 Å². The summed E-state index contributed by atoms with van der Waals surface area (Å²) in [5, 5.41) is 8.41. The molecule has 1 unspecified atom stereocenters. The number of rotatable bonds is 21. The van der Waals surface area contributed by atoms with E-state index in [2.05, 4.69) is 288 Å². The minimum Gasteiger partial charge on any atom is -0.378 e. The van der Waals surface area contributed by atoms with Crippen molar-refractivity contribution in [2.75, 3.05) is 0 Å². The zero-order chi connectivity index (χ0) is 60.0. The van der Waals surface area contributed by atoms with Crippen LogP contribution in [0.5, 0.6) is 11.5 Å². The SMILES string of the molecule is C=C=C.C=C=C.C=C=C.CC(C)Pc1cccc2cc3cccc([PH+](C(C)C)C(C)C)c3[c-]c12.CC(C)[PH+](Cc1[c-]c(C[PH+](C(C)C)C(C)C)ccc1)C(C)C.CC(C)[PH+](Oc1[c-]c(O[PH+](C(C)C)C(C)C)ccc1)C(C)C.[Ir].[Ir].[Ir]. The quantitative estimate of drug-likeness (QED) is 0.0315. The minimum absolute atomic E-state index is 0. The van der Waals surface area contributed by atoms with Crippen molar-refractivity contribution in [2.24, 2.45) is 0 Å². The van der Waals surface area contributed by atoms with Crippen molar-refractivity contribution in [3.8, 4) is 11.5 Å². The Labute approximate surface area is 548 Å². The average molecular weight is 1750 g/mol. The first kappa shape index (κ1) is 86.7. The standard InChI is InChI=1S/C23H29P2.C20H35P2.C18H31O2P2.3C3H4.3Ir/c1-15(2)24-22-11-7-9-18-13-19-10-8-12-23(21(19)14-20(18)22)25(16(3)4)17(5)6;1-15(2)21(16(3)4)13-19-10-9-11-20(12-19)14-22(17(5)6)18(7)8;1-13(2)21(14(3)4)19-17-10-9-11-18(12-17)20-22(15(5)6)16(7)8;3*1-3-2;;;/h7-13,15-17,24H,1-6H3;9-11,15-18H,13-14H2,1-8H3;9-11,13-16H,1-8H3;3*1-2H2;;;/q3*-1;;;;;;/p+5. The van der Waals surface area contributed by atoms with E-state index in [4.69, 9.17) is 9.05 Å². The largest absolute Gasteiger partial charge is 0.378 e. The number of fused-ring (bicyclic) bond motifs is 2. The van der Waals surface area contributed by atoms with Crippen LogP contribution in [0.2, 0.25) is 0 Å². The van der Waals surface area contributed by atoms with Crippen LogP contribution >= 0.6 is 48.6 Å². The van der Waals surface area contributed by atoms with Crippen LogP contribution in [0.1, 0.15) is 163 Å². The summed E-state index contributed by atoms with van der Waals surface area (Å²) in [5.74, 6) is 1.67. The molecule has 2 nitrogen and oxygen atoms in total. The van der Waals surface area contributed by atoms with E-state index in [9.17, 15) is 0 Å². The van der Waals surface area contributed by atoms with Crippen LogP contribution < -0.4 is 19.7 Å². The summed E-state index contributed by atoms with van der Waals surface area (Å²) in [5.41, 5.74) is 17.5. The van der Waals surface area contributed by atoms with Gasteiger partial charge in [-0.05, 0) is 144 Å². The Bertz CT molecular complexity index is 2320. The first-order valence-corrected chi connectivity index (χ1v) is 38.4. The molecule has 11 heteroatoms. The summed E-state index contributed by atoms with van der Waals surface area (Å²) in [7, 11) is -2.20. The van der Waals surface area contributed by atoms with E-state index in [-0.39, 0.29) is 76.2 Å². The summed E-state index contributed by atoms with van der Waals surface area (Å²) in [6.07, 6.45) is 2.55. The minimum atomic E-state index is -0.886. The van der Waals surface area contributed by atoms with E-state index >= 15 is 0 Å². The Morgan fingerprint density at radius 3 is 1.07 bits per heavy atom. The normalized spacial score (nSPS) is 11.0. The van der Waals surface area contributed by atoms with Crippen molar-refractivity contribution in [3.05, 3.63) is 165 Å². The van der Waals surface area contributed by atoms with E-state index in [0.29, 0.717) is 28.3 Å². The molecule has 0 bridgehead atoms. The molecule has 3 radical (unpaired) electrons. The van der Waals surface area contributed by atoms with Crippen molar-refractivity contribution >= 4 is 80.8 Å². The molecular formula is C70H112Ir3O2P6+2. The van der Waals surface area contributed by atoms with Crippen LogP contribution in [0, 0.1) is 18.2 Å². The zero-order valence-electron chi connectivity index (χ0n) is 54.3. The van der Waals surface area contributed by atoms with Crippen molar-refractivity contribution in [2.45, 2.75) is 227 Å². The van der Waals surface area contributed by atoms with Gasteiger partial charge in [0.05, 0.1) is 80.4 Å². The van der Waals surface area contributed by atoms with Gasteiger partial charge < -0.3 is 9.05 Å². The van der Waals surface area contributed by atoms with Crippen LogP contribution in [0.15, 0.2) is 136 Å². The first-order valence-electron chi connectivity index (χ1n) is 28.8. The molecule has 0 aliphatic rings. The number of hydrogen-bond donors (Lipinski definition) is 0. The van der Waals surface area contributed by atoms with Crippen LogP contribution in [-0.2, 0) is 72.6 Å². The predicted molar refractivity (Wildman–Crippen MR) is 379 cm³/mol. The topological polar surface area (TPSA) is 18.5 Å². The molecule has 0 heterocycles. The fourth-order valence-electron chi connectivity index (χ4n) is 9.88. The van der Waals surface area contributed by atoms with Crippen molar-refractivity contribution in [1.82, 2.24) is 0 Å². The van der Waals surface area contributed by atoms with Gasteiger partial charge in [-0.25, -0.2) is 0 Å². The predicted octanol–water partition coefficient (Wildman–Crippen LogP) is 21.7. The molecule has 0 aliphatic heterocycles. The molecule has 0 fully saturated rings. The van der Waals surface area contributed by atoms with Gasteiger partial charge in [0.2, 0.25) is 0 Å². The molecule has 0 amide bonds. The van der Waals surface area contributed by atoms with Crippen LogP contribution in [-0.4, -0.2) is 62.2 Å². The molecule has 0 aromatic heterocycles. The van der Waals surface area contributed by atoms with Crippen LogP contribution in [0.25, 0.3) is 21.5 Å². The Morgan fingerprint density at radius 2 is 0.741 bits per heavy atom. The van der Waals surface area contributed by atoms with Crippen LogP contribution in [0.3, 0.4) is 0 Å². The van der Waals surface area contributed by atoms with Gasteiger partial charge in [-0.1, -0.05) is 117 Å². The maximum Gasteiger partial charge on any atom is 0.179 e. The number of benzene rings is 5. The number of hydrogen-bond acceptors (Lipinski definition) is 2. The molecule has 81 heavy (non-hydrogen) atoms. The molecule has 5 aromatic rings. The molecule has 459 valence electrons. The van der Waals surface area contributed by atoms with E-state index in [1.165, 1.54) is 50.3 Å². The molecule has 1 atom stereocenters. The third kappa shape index (κ3) is 33.3. The Hall–Kier alpha value is -0.692. The van der Waals surface area contributed by atoms with Gasteiger partial charge >= 0.3 is 0 Å². The summed E-state index contributed by atoms with van der Waals surface area (Å²) < 4.78 is 12.5. The first-order chi connectivity index (χ1) is 36.6. The fraction of sp³-hybridized carbons (Fsp3) is 0.500. The molecule has 0 spiro atoms. The molecule has 5 rings (SSSR count). The summed E-state index contributed by atoms with van der Waals surface area (Å²) in [6.45, 7) is 70.1. The van der Waals surface area contributed by atoms with Gasteiger partial charge in [0, 0.05) is 89.4 Å². The average Bonchev–Trinajstić information content (AvgIpc) is 3.33. The maximum atomic E-state index is 6.26. The fourth-order valence-corrected chi connectivity index (χ4v) is 24.4. The van der Waals surface area contributed by atoms with Crippen molar-refractivity contribution in [1.29, 1.82) is 0 Å². The second kappa shape index (κ2) is 47.4. The second-order valence-electron chi connectivity index (χ2n) is 23.5. The third-order valence-corrected chi connectivity index (χ3v) is 30.7. The summed E-state index contributed by atoms with van der Waals surface area (Å²) >= 11 is 0. The maximum absolute atomic E-state index is 6.26. The summed E-state index contributed by atoms with van der Waals surface area (Å²) in [6, 6.07) is 39.8. The molecule has 0 aliphatic carbocycles. The van der Waals surface area contributed by atoms with E-state index < -0.39 is 24.2 Å². The molecule has 0 N–H and O–H groups in total. The third-order valence-electron chi connectivity index (χ3n) is 12.9. The van der Waals surface area contributed by atoms with E-state index in [1.807, 2.05) is 18.2 Å². The van der Waals surface area contributed by atoms with Crippen LogP contribution in [0.4, 0.5) is 0 Å². The summed E-state index contributed by atoms with van der Waals surface area (Å²) in [4.78, 5) is 0. The van der Waals surface area contributed by atoms with E-state index in [0.717, 1.165) is 54.0 Å². The monoisotopic (exact) mass is 1750 g/mol. The van der Waals surface area contributed by atoms with Crippen molar-refractivity contribution in [3.63, 3.8) is 0 Å². The molecule has 0 saturated carbocycles. The molecular weight excluding hydrogens is 1640 g/mol. The smallest absolute Gasteiger partial charge is 0.179 e. The zero-order valence-corrected chi connectivity index (χ0v) is 67.5. The van der Waals surface area contributed by atoms with Gasteiger partial charge in [0.1, 0.15) is 0 Å². The van der Waals surface area contributed by atoms with Gasteiger partial charge in [-0.3, -0.25) is 0 Å². The molecule has 5 aromatic carbocycles.